The third-order valence-electron chi connectivity index (χ3n) is 2.31. The number of rotatable bonds is 2. The SMILES string of the molecule is CCc1cc(C(F)(F)F)ccc1CC(F)(F)F. The Balaban J connectivity index is 3.10. The highest BCUT2D eigenvalue weighted by Gasteiger charge is 2.33. The standard InChI is InChI=1S/C11H10F6/c1-2-7-5-9(11(15,16)17)4-3-8(7)6-10(12,13)14/h3-5H,2,6H2,1H3. The summed E-state index contributed by atoms with van der Waals surface area (Å²) in [5.41, 5.74) is -0.939. The molecule has 0 spiro atoms. The van der Waals surface area contributed by atoms with E-state index in [0.29, 0.717) is 6.07 Å². The summed E-state index contributed by atoms with van der Waals surface area (Å²) in [6.07, 6.45) is -10.0. The van der Waals surface area contributed by atoms with Crippen molar-refractivity contribution in [3.05, 3.63) is 34.9 Å². The highest BCUT2D eigenvalue weighted by Crippen LogP contribution is 2.32. The van der Waals surface area contributed by atoms with Crippen LogP contribution in [0.25, 0.3) is 0 Å². The normalized spacial score (nSPS) is 12.9. The van der Waals surface area contributed by atoms with Gasteiger partial charge in [-0.25, -0.2) is 0 Å². The Morgan fingerprint density at radius 3 is 1.94 bits per heavy atom. The molecule has 0 radical (unpaired) electrons. The van der Waals surface area contributed by atoms with Crippen LogP contribution >= 0.6 is 0 Å². The third kappa shape index (κ3) is 3.94. The molecule has 0 aromatic heterocycles. The van der Waals surface area contributed by atoms with Crippen molar-refractivity contribution in [1.82, 2.24) is 0 Å². The van der Waals surface area contributed by atoms with E-state index in [2.05, 4.69) is 0 Å². The second kappa shape index (κ2) is 4.58. The Morgan fingerprint density at radius 1 is 0.941 bits per heavy atom. The Labute approximate surface area is 94.2 Å². The first kappa shape index (κ1) is 13.9. The monoisotopic (exact) mass is 256 g/mol. The van der Waals surface area contributed by atoms with Crippen LogP contribution in [0.1, 0.15) is 23.6 Å². The van der Waals surface area contributed by atoms with Crippen LogP contribution in [0.15, 0.2) is 18.2 Å². The van der Waals surface area contributed by atoms with Crippen LogP contribution < -0.4 is 0 Å². The van der Waals surface area contributed by atoms with E-state index in [4.69, 9.17) is 0 Å². The molecule has 1 aromatic rings. The van der Waals surface area contributed by atoms with Gasteiger partial charge in [0.1, 0.15) is 0 Å². The van der Waals surface area contributed by atoms with E-state index in [1.807, 2.05) is 0 Å². The fourth-order valence-electron chi connectivity index (χ4n) is 1.52. The first-order valence-corrected chi connectivity index (χ1v) is 4.89. The van der Waals surface area contributed by atoms with Gasteiger partial charge in [0, 0.05) is 0 Å². The lowest BCUT2D eigenvalue weighted by molar-refractivity contribution is -0.137. The maximum atomic E-state index is 12.4. The number of halogens is 6. The Hall–Kier alpha value is -1.20. The summed E-state index contributed by atoms with van der Waals surface area (Å²) in [6.45, 7) is 1.52. The van der Waals surface area contributed by atoms with E-state index in [-0.39, 0.29) is 17.5 Å². The van der Waals surface area contributed by atoms with Crippen LogP contribution in [0, 0.1) is 0 Å². The molecule has 0 N–H and O–H groups in total. The number of hydrogen-bond donors (Lipinski definition) is 0. The summed E-state index contributed by atoms with van der Waals surface area (Å²) in [4.78, 5) is 0. The minimum atomic E-state index is -4.53. The molecule has 0 saturated carbocycles. The summed E-state index contributed by atoms with van der Waals surface area (Å²) in [6, 6.07) is 2.36. The van der Waals surface area contributed by atoms with E-state index >= 15 is 0 Å². The Kier molecular flexibility index (Phi) is 3.74. The van der Waals surface area contributed by atoms with Gasteiger partial charge in [0.15, 0.2) is 0 Å². The lowest BCUT2D eigenvalue weighted by Gasteiger charge is -2.13. The number of benzene rings is 1. The maximum absolute atomic E-state index is 12.4. The lowest BCUT2D eigenvalue weighted by Crippen LogP contribution is -2.14. The minimum absolute atomic E-state index is 0.0807. The van der Waals surface area contributed by atoms with Crippen molar-refractivity contribution in [3.8, 4) is 0 Å². The summed E-state index contributed by atoms with van der Waals surface area (Å²) in [7, 11) is 0. The quantitative estimate of drug-likeness (QED) is 0.689. The van der Waals surface area contributed by atoms with Gasteiger partial charge < -0.3 is 0 Å². The Bertz CT molecular complexity index is 388. The van der Waals surface area contributed by atoms with Gasteiger partial charge >= 0.3 is 12.4 Å². The second-order valence-electron chi connectivity index (χ2n) is 3.63. The van der Waals surface area contributed by atoms with Gasteiger partial charge in [-0.2, -0.15) is 26.3 Å². The zero-order valence-electron chi connectivity index (χ0n) is 8.91. The highest BCUT2D eigenvalue weighted by molar-refractivity contribution is 5.34. The molecule has 17 heavy (non-hydrogen) atoms. The molecule has 0 heterocycles. The van der Waals surface area contributed by atoms with Crippen LogP contribution in [0.3, 0.4) is 0 Å². The average Bonchev–Trinajstić information content (AvgIpc) is 2.14. The molecule has 0 aliphatic heterocycles. The molecule has 0 aliphatic rings. The van der Waals surface area contributed by atoms with E-state index in [0.717, 1.165) is 12.1 Å². The van der Waals surface area contributed by atoms with E-state index < -0.39 is 24.3 Å². The molecule has 6 heteroatoms. The molecule has 0 amide bonds. The van der Waals surface area contributed by atoms with Crippen molar-refractivity contribution in [2.45, 2.75) is 32.1 Å². The first-order chi connectivity index (χ1) is 7.63. The van der Waals surface area contributed by atoms with Crippen molar-refractivity contribution in [1.29, 1.82) is 0 Å². The average molecular weight is 256 g/mol. The van der Waals surface area contributed by atoms with Crippen LogP contribution in [0.2, 0.25) is 0 Å². The maximum Gasteiger partial charge on any atom is 0.416 e. The third-order valence-corrected chi connectivity index (χ3v) is 2.31. The predicted octanol–water partition coefficient (Wildman–Crippen LogP) is 4.37. The number of alkyl halides is 6. The van der Waals surface area contributed by atoms with Gasteiger partial charge in [0.2, 0.25) is 0 Å². The largest absolute Gasteiger partial charge is 0.416 e. The molecule has 1 aromatic carbocycles. The zero-order valence-corrected chi connectivity index (χ0v) is 8.91. The molecular formula is C11H10F6. The van der Waals surface area contributed by atoms with Gasteiger partial charge in [-0.3, -0.25) is 0 Å². The Morgan fingerprint density at radius 2 is 1.53 bits per heavy atom. The smallest absolute Gasteiger partial charge is 0.171 e. The van der Waals surface area contributed by atoms with E-state index in [1.54, 1.807) is 0 Å². The van der Waals surface area contributed by atoms with Crippen LogP contribution in [0.4, 0.5) is 26.3 Å². The molecule has 0 saturated heterocycles. The molecule has 0 aliphatic carbocycles. The first-order valence-electron chi connectivity index (χ1n) is 4.89. The summed E-state index contributed by atoms with van der Waals surface area (Å²) >= 11 is 0. The minimum Gasteiger partial charge on any atom is -0.171 e. The van der Waals surface area contributed by atoms with Crippen LogP contribution in [-0.4, -0.2) is 6.18 Å². The van der Waals surface area contributed by atoms with Crippen molar-refractivity contribution in [2.24, 2.45) is 0 Å². The predicted molar refractivity (Wildman–Crippen MR) is 50.6 cm³/mol. The summed E-state index contributed by atoms with van der Waals surface area (Å²) in [5.74, 6) is 0. The molecule has 0 nitrogen and oxygen atoms in total. The number of aryl methyl sites for hydroxylation is 1. The second-order valence-corrected chi connectivity index (χ2v) is 3.63. The molecule has 0 atom stereocenters. The van der Waals surface area contributed by atoms with Gasteiger partial charge in [0.05, 0.1) is 12.0 Å². The fraction of sp³-hybridized carbons (Fsp3) is 0.455. The van der Waals surface area contributed by atoms with E-state index in [1.165, 1.54) is 6.92 Å². The molecule has 0 fully saturated rings. The van der Waals surface area contributed by atoms with Gasteiger partial charge in [-0.15, -0.1) is 0 Å². The molecular weight excluding hydrogens is 246 g/mol. The van der Waals surface area contributed by atoms with Crippen LogP contribution in [0.5, 0.6) is 0 Å². The molecule has 1 rings (SSSR count). The molecule has 96 valence electrons. The van der Waals surface area contributed by atoms with Crippen molar-refractivity contribution < 1.29 is 26.3 Å². The van der Waals surface area contributed by atoms with Crippen molar-refractivity contribution >= 4 is 0 Å². The van der Waals surface area contributed by atoms with Crippen molar-refractivity contribution in [3.63, 3.8) is 0 Å². The summed E-state index contributed by atoms with van der Waals surface area (Å²) < 4.78 is 73.6. The van der Waals surface area contributed by atoms with E-state index in [9.17, 15) is 26.3 Å². The zero-order chi connectivity index (χ0) is 13.3. The highest BCUT2D eigenvalue weighted by atomic mass is 19.4. The number of hydrogen-bond acceptors (Lipinski definition) is 0. The molecule has 0 unspecified atom stereocenters. The van der Waals surface area contributed by atoms with Crippen molar-refractivity contribution in [2.75, 3.05) is 0 Å². The van der Waals surface area contributed by atoms with Gasteiger partial charge in [-0.05, 0) is 29.7 Å². The lowest BCUT2D eigenvalue weighted by atomic mass is 9.99. The van der Waals surface area contributed by atoms with Crippen LogP contribution in [-0.2, 0) is 19.0 Å². The fourth-order valence-corrected chi connectivity index (χ4v) is 1.52. The topological polar surface area (TPSA) is 0 Å². The van der Waals surface area contributed by atoms with Gasteiger partial charge in [-0.1, -0.05) is 13.0 Å². The summed E-state index contributed by atoms with van der Waals surface area (Å²) in [5, 5.41) is 0. The van der Waals surface area contributed by atoms with Gasteiger partial charge in [0.25, 0.3) is 0 Å². The molecule has 0 bridgehead atoms.